The zero-order chi connectivity index (χ0) is 12.4. The number of nitrogens with zero attached hydrogens (tertiary/aromatic N) is 1. The molecule has 0 aliphatic rings. The van der Waals surface area contributed by atoms with Crippen LogP contribution < -0.4 is 11.1 Å². The summed E-state index contributed by atoms with van der Waals surface area (Å²) in [5.41, 5.74) is 7.34. The molecular formula is C12H13N3O2. The number of nitrogens with one attached hydrogen (secondary N) is 1. The lowest BCUT2D eigenvalue weighted by Gasteiger charge is -2.12. The molecule has 0 radical (unpaired) electrons. The van der Waals surface area contributed by atoms with Crippen LogP contribution in [0.2, 0.25) is 0 Å². The Morgan fingerprint density at radius 2 is 2.18 bits per heavy atom. The Bertz CT molecular complexity index is 581. The number of nitrogens with two attached hydrogens (primary N) is 1. The van der Waals surface area contributed by atoms with Crippen LogP contribution >= 0.6 is 0 Å². The van der Waals surface area contributed by atoms with Crippen molar-refractivity contribution < 1.29 is 9.90 Å². The van der Waals surface area contributed by atoms with Crippen molar-refractivity contribution in [1.29, 1.82) is 0 Å². The molecule has 17 heavy (non-hydrogen) atoms. The maximum atomic E-state index is 11.1. The number of anilines is 2. The molecule has 0 saturated carbocycles. The van der Waals surface area contributed by atoms with Gasteiger partial charge in [-0.1, -0.05) is 18.2 Å². The second-order valence-electron chi connectivity index (χ2n) is 3.60. The summed E-state index contributed by atoms with van der Waals surface area (Å²) in [4.78, 5) is 15.2. The summed E-state index contributed by atoms with van der Waals surface area (Å²) in [6.45, 7) is 2.46. The fourth-order valence-corrected chi connectivity index (χ4v) is 1.75. The summed E-state index contributed by atoms with van der Waals surface area (Å²) in [7, 11) is 0. The summed E-state index contributed by atoms with van der Waals surface area (Å²) in [5, 5.41) is 12.8. The number of hydrogen-bond donors (Lipinski definition) is 3. The van der Waals surface area contributed by atoms with Gasteiger partial charge in [-0.15, -0.1) is 0 Å². The van der Waals surface area contributed by atoms with Gasteiger partial charge in [0.2, 0.25) is 0 Å². The first kappa shape index (κ1) is 11.2. The molecule has 0 bridgehead atoms. The van der Waals surface area contributed by atoms with Crippen molar-refractivity contribution in [3.8, 4) is 0 Å². The highest BCUT2D eigenvalue weighted by atomic mass is 16.4. The van der Waals surface area contributed by atoms with E-state index in [-0.39, 0.29) is 5.69 Å². The SMILES string of the molecule is CCNc1c(C(=O)O)nc2ccccc2c1N. The molecule has 5 heteroatoms. The molecule has 2 rings (SSSR count). The average molecular weight is 231 g/mol. The Hall–Kier alpha value is -2.30. The maximum absolute atomic E-state index is 11.1. The van der Waals surface area contributed by atoms with Crippen molar-refractivity contribution in [2.45, 2.75) is 6.92 Å². The predicted molar refractivity (Wildman–Crippen MR) is 67.3 cm³/mol. The van der Waals surface area contributed by atoms with Crippen molar-refractivity contribution in [1.82, 2.24) is 4.98 Å². The summed E-state index contributed by atoms with van der Waals surface area (Å²) < 4.78 is 0. The van der Waals surface area contributed by atoms with Gasteiger partial charge in [-0.3, -0.25) is 0 Å². The fourth-order valence-electron chi connectivity index (χ4n) is 1.75. The van der Waals surface area contributed by atoms with E-state index in [0.29, 0.717) is 23.4 Å². The van der Waals surface area contributed by atoms with E-state index in [1.807, 2.05) is 19.1 Å². The monoisotopic (exact) mass is 231 g/mol. The van der Waals surface area contributed by atoms with E-state index < -0.39 is 5.97 Å². The van der Waals surface area contributed by atoms with Crippen LogP contribution in [0, 0.1) is 0 Å². The molecule has 0 aliphatic heterocycles. The highest BCUT2D eigenvalue weighted by Gasteiger charge is 2.17. The minimum absolute atomic E-state index is 0.0388. The van der Waals surface area contributed by atoms with Crippen molar-refractivity contribution in [2.24, 2.45) is 0 Å². The molecular weight excluding hydrogens is 218 g/mol. The van der Waals surface area contributed by atoms with Crippen LogP contribution in [0.15, 0.2) is 24.3 Å². The summed E-state index contributed by atoms with van der Waals surface area (Å²) in [6, 6.07) is 7.21. The molecule has 0 fully saturated rings. The van der Waals surface area contributed by atoms with Gasteiger partial charge in [0.25, 0.3) is 0 Å². The molecule has 2 aromatic rings. The highest BCUT2D eigenvalue weighted by Crippen LogP contribution is 2.30. The second kappa shape index (κ2) is 4.29. The summed E-state index contributed by atoms with van der Waals surface area (Å²) >= 11 is 0. The van der Waals surface area contributed by atoms with Gasteiger partial charge in [0.15, 0.2) is 5.69 Å². The molecule has 0 amide bonds. The minimum atomic E-state index is -1.08. The number of pyridine rings is 1. The molecule has 4 N–H and O–H groups in total. The smallest absolute Gasteiger partial charge is 0.356 e. The zero-order valence-corrected chi connectivity index (χ0v) is 9.40. The van der Waals surface area contributed by atoms with Crippen LogP contribution in [0.4, 0.5) is 11.4 Å². The molecule has 0 aliphatic carbocycles. The van der Waals surface area contributed by atoms with Crippen LogP contribution in [0.1, 0.15) is 17.4 Å². The molecule has 5 nitrogen and oxygen atoms in total. The lowest BCUT2D eigenvalue weighted by Crippen LogP contribution is -2.11. The lowest BCUT2D eigenvalue weighted by atomic mass is 10.1. The van der Waals surface area contributed by atoms with Gasteiger partial charge in [-0.05, 0) is 13.0 Å². The minimum Gasteiger partial charge on any atom is -0.476 e. The van der Waals surface area contributed by atoms with E-state index >= 15 is 0 Å². The largest absolute Gasteiger partial charge is 0.476 e. The Kier molecular flexibility index (Phi) is 2.82. The van der Waals surface area contributed by atoms with Gasteiger partial charge in [0, 0.05) is 11.9 Å². The standard InChI is InChI=1S/C12H13N3O2/c1-2-14-10-9(13)7-5-3-4-6-8(7)15-11(10)12(16)17/h3-6,14H,2H2,1H3,(H2,13,15)(H,16,17). The third-order valence-corrected chi connectivity index (χ3v) is 2.49. The van der Waals surface area contributed by atoms with Gasteiger partial charge < -0.3 is 16.2 Å². The van der Waals surface area contributed by atoms with E-state index in [1.54, 1.807) is 12.1 Å². The van der Waals surface area contributed by atoms with Gasteiger partial charge in [0.1, 0.15) is 0 Å². The average Bonchev–Trinajstić information content (AvgIpc) is 2.32. The van der Waals surface area contributed by atoms with Gasteiger partial charge in [-0.25, -0.2) is 9.78 Å². The van der Waals surface area contributed by atoms with Crippen molar-refractivity contribution >= 4 is 28.2 Å². The van der Waals surface area contributed by atoms with E-state index in [4.69, 9.17) is 10.8 Å². The number of carbonyl (C=O) groups is 1. The Labute approximate surface area is 98.3 Å². The number of benzene rings is 1. The van der Waals surface area contributed by atoms with Crippen LogP contribution in [0.5, 0.6) is 0 Å². The van der Waals surface area contributed by atoms with Crippen LogP contribution in [-0.4, -0.2) is 22.6 Å². The third-order valence-electron chi connectivity index (χ3n) is 2.49. The number of hydrogen-bond acceptors (Lipinski definition) is 4. The zero-order valence-electron chi connectivity index (χ0n) is 9.40. The number of carboxylic acids is 1. The molecule has 0 unspecified atom stereocenters. The Balaban J connectivity index is 2.78. The van der Waals surface area contributed by atoms with Gasteiger partial charge in [0.05, 0.1) is 16.9 Å². The number of carboxylic acid groups (broad SMARTS) is 1. The topological polar surface area (TPSA) is 88.2 Å². The molecule has 0 atom stereocenters. The fraction of sp³-hybridized carbons (Fsp3) is 0.167. The molecule has 88 valence electrons. The van der Waals surface area contributed by atoms with E-state index in [1.165, 1.54) is 0 Å². The van der Waals surface area contributed by atoms with Crippen molar-refractivity contribution in [2.75, 3.05) is 17.6 Å². The quantitative estimate of drug-likeness (QED) is 0.751. The normalized spacial score (nSPS) is 10.4. The van der Waals surface area contributed by atoms with Crippen molar-refractivity contribution in [3.63, 3.8) is 0 Å². The number of fused-ring (bicyclic) bond motifs is 1. The highest BCUT2D eigenvalue weighted by molar-refractivity contribution is 6.05. The third kappa shape index (κ3) is 1.87. The molecule has 1 heterocycles. The van der Waals surface area contributed by atoms with E-state index in [9.17, 15) is 4.79 Å². The summed E-state index contributed by atoms with van der Waals surface area (Å²) in [5.74, 6) is -1.08. The number of aromatic carboxylic acids is 1. The number of nitrogen functional groups attached to an aromatic ring is 1. The van der Waals surface area contributed by atoms with Crippen LogP contribution in [-0.2, 0) is 0 Å². The van der Waals surface area contributed by atoms with Crippen molar-refractivity contribution in [3.05, 3.63) is 30.0 Å². The first-order valence-corrected chi connectivity index (χ1v) is 5.30. The molecule has 1 aromatic heterocycles. The first-order chi connectivity index (χ1) is 8.15. The molecule has 0 saturated heterocycles. The van der Waals surface area contributed by atoms with Gasteiger partial charge >= 0.3 is 5.97 Å². The van der Waals surface area contributed by atoms with Crippen LogP contribution in [0.25, 0.3) is 10.9 Å². The number of para-hydroxylation sites is 1. The lowest BCUT2D eigenvalue weighted by molar-refractivity contribution is 0.0692. The Morgan fingerprint density at radius 3 is 2.82 bits per heavy atom. The molecule has 0 spiro atoms. The predicted octanol–water partition coefficient (Wildman–Crippen LogP) is 1.95. The van der Waals surface area contributed by atoms with Crippen LogP contribution in [0.3, 0.4) is 0 Å². The van der Waals surface area contributed by atoms with Gasteiger partial charge in [-0.2, -0.15) is 0 Å². The molecule has 1 aromatic carbocycles. The summed E-state index contributed by atoms with van der Waals surface area (Å²) in [6.07, 6.45) is 0. The number of rotatable bonds is 3. The maximum Gasteiger partial charge on any atom is 0.356 e. The van der Waals surface area contributed by atoms with E-state index in [0.717, 1.165) is 5.39 Å². The second-order valence-corrected chi connectivity index (χ2v) is 3.60. The Morgan fingerprint density at radius 1 is 1.47 bits per heavy atom. The first-order valence-electron chi connectivity index (χ1n) is 5.30. The van der Waals surface area contributed by atoms with E-state index in [2.05, 4.69) is 10.3 Å². The number of aromatic nitrogens is 1.